The van der Waals surface area contributed by atoms with Gasteiger partial charge in [-0.3, -0.25) is 27.3 Å². The average Bonchev–Trinajstić information content (AvgIpc) is 3.11. The Morgan fingerprint density at radius 3 is 1.00 bits per heavy atom. The smallest absolute Gasteiger partial charge is 0.323 e. The molecule has 10 N–H and O–H groups in total. The molecule has 0 saturated heterocycles. The number of hydrogen-bond acceptors (Lipinski definition) is 15. The first-order valence-corrected chi connectivity index (χ1v) is 24.9. The molecule has 23 nitrogen and oxygen atoms in total. The van der Waals surface area contributed by atoms with Gasteiger partial charge in [0.1, 0.15) is 19.6 Å². The molecule has 6 rings (SSSR count). The molecule has 0 aliphatic rings. The van der Waals surface area contributed by atoms with Gasteiger partial charge in [0.25, 0.3) is 60.7 Å². The zero-order valence-electron chi connectivity index (χ0n) is 30.2. The Labute approximate surface area is 350 Å². The van der Waals surface area contributed by atoms with Gasteiger partial charge in [-0.05, 0) is 84.9 Å². The van der Waals surface area contributed by atoms with Crippen molar-refractivity contribution < 1.29 is 82.6 Å². The van der Waals surface area contributed by atoms with E-state index in [1.807, 2.05) is 0 Å². The first-order valence-electron chi connectivity index (χ1n) is 16.3. The Morgan fingerprint density at radius 2 is 0.694 bits per heavy atom. The molecule has 29 heteroatoms. The summed E-state index contributed by atoms with van der Waals surface area (Å²) in [6.07, 6.45) is 0. The van der Waals surface area contributed by atoms with Crippen molar-refractivity contribution in [1.29, 1.82) is 0 Å². The maximum atomic E-state index is 13.1. The number of carbonyl (C=O) groups excluding carboxylic acids is 1. The Hall–Kier alpha value is -5.83. The summed E-state index contributed by atoms with van der Waals surface area (Å²) in [6.45, 7) is 0. The molecule has 0 radical (unpaired) electrons. The normalized spacial score (nSPS) is 12.9. The van der Waals surface area contributed by atoms with Gasteiger partial charge in [-0.25, -0.2) is 4.79 Å². The summed E-state index contributed by atoms with van der Waals surface area (Å²) < 4.78 is 205. The lowest BCUT2D eigenvalue weighted by Gasteiger charge is -2.17. The van der Waals surface area contributed by atoms with Crippen molar-refractivity contribution >= 4 is 122 Å². The molecule has 0 fully saturated rings. The first-order chi connectivity index (χ1) is 28.4. The zero-order chi connectivity index (χ0) is 46.0. The van der Waals surface area contributed by atoms with Gasteiger partial charge in [-0.15, -0.1) is 0 Å². The fraction of sp³-hybridized carbons (Fsp3) is 0. The molecule has 0 bridgehead atoms. The van der Waals surface area contributed by atoms with E-state index in [1.165, 1.54) is 48.5 Å². The monoisotopic (exact) mass is 974 g/mol. The molecule has 0 saturated carbocycles. The summed E-state index contributed by atoms with van der Waals surface area (Å²) in [5.41, 5.74) is -0.245. The molecule has 6 aromatic carbocycles. The molecule has 0 aliphatic carbocycles. The van der Waals surface area contributed by atoms with Gasteiger partial charge in [0.2, 0.25) is 0 Å². The second-order valence-electron chi connectivity index (χ2n) is 12.8. The third-order valence-corrected chi connectivity index (χ3v) is 13.8. The van der Waals surface area contributed by atoms with E-state index in [9.17, 15) is 82.6 Å². The second kappa shape index (κ2) is 15.8. The predicted octanol–water partition coefficient (Wildman–Crippen LogP) is 4.60. The molecular weight excluding hydrogens is 949 g/mol. The number of anilines is 6. The van der Waals surface area contributed by atoms with Crippen LogP contribution < -0.4 is 21.3 Å². The van der Waals surface area contributed by atoms with Crippen molar-refractivity contribution in [1.82, 2.24) is 0 Å². The van der Waals surface area contributed by atoms with Crippen molar-refractivity contribution in [2.75, 3.05) is 21.3 Å². The molecule has 328 valence electrons. The number of hydrogen-bond donors (Lipinski definition) is 10. The van der Waals surface area contributed by atoms with Gasteiger partial charge in [0.15, 0.2) is 0 Å². The lowest BCUT2D eigenvalue weighted by molar-refractivity contribution is 0.262. The highest BCUT2D eigenvalue weighted by molar-refractivity contribution is 7.88. The van der Waals surface area contributed by atoms with Crippen LogP contribution in [0.1, 0.15) is 0 Å². The topological polar surface area (TPSA) is 391 Å². The Kier molecular flexibility index (Phi) is 11.7. The van der Waals surface area contributed by atoms with Crippen LogP contribution in [0.3, 0.4) is 0 Å². The SMILES string of the molecule is O=C(Nc1cccc(Nc2ccc(S(=O)(=O)O)c3cc(S(=O)(=O)O)cc(S(=O)(=O)O)c23)c1)Nc1cccc(Nc2ccc(S(=O)(=O)O)c3cc(S(=O)(=O)O)cc(S(=O)(=O)O)c23)c1. The molecular formula is C33H26N4O19S6. The maximum absolute atomic E-state index is 13.1. The Balaban J connectivity index is 1.30. The van der Waals surface area contributed by atoms with Gasteiger partial charge in [0.05, 0.1) is 9.79 Å². The van der Waals surface area contributed by atoms with E-state index in [-0.39, 0.29) is 34.1 Å². The lowest BCUT2D eigenvalue weighted by atomic mass is 10.1. The second-order valence-corrected chi connectivity index (χ2v) is 21.2. The van der Waals surface area contributed by atoms with E-state index in [2.05, 4.69) is 21.3 Å². The summed E-state index contributed by atoms with van der Waals surface area (Å²) in [5.74, 6) is 0. The van der Waals surface area contributed by atoms with Gasteiger partial charge in [0, 0.05) is 55.7 Å². The van der Waals surface area contributed by atoms with E-state index in [4.69, 9.17) is 0 Å². The van der Waals surface area contributed by atoms with Gasteiger partial charge < -0.3 is 21.3 Å². The Bertz CT molecular complexity index is 3370. The van der Waals surface area contributed by atoms with Crippen LogP contribution in [0.2, 0.25) is 0 Å². The molecule has 0 unspecified atom stereocenters. The molecule has 62 heavy (non-hydrogen) atoms. The minimum Gasteiger partial charge on any atom is -0.355 e. The summed E-state index contributed by atoms with van der Waals surface area (Å²) in [7, 11) is -31.4. The number of fused-ring (bicyclic) bond motifs is 2. The van der Waals surface area contributed by atoms with E-state index in [0.717, 1.165) is 24.3 Å². The quantitative estimate of drug-likeness (QED) is 0.0749. The van der Waals surface area contributed by atoms with Crippen molar-refractivity contribution in [3.05, 3.63) is 97.1 Å². The third kappa shape index (κ3) is 9.93. The number of amides is 2. The molecule has 0 atom stereocenters. The molecule has 2 amide bonds. The predicted molar refractivity (Wildman–Crippen MR) is 219 cm³/mol. The van der Waals surface area contributed by atoms with Crippen molar-refractivity contribution in [2.24, 2.45) is 0 Å². The van der Waals surface area contributed by atoms with Gasteiger partial charge in [-0.1, -0.05) is 12.1 Å². The van der Waals surface area contributed by atoms with Crippen LogP contribution in [-0.4, -0.2) is 83.9 Å². The number of benzene rings is 6. The van der Waals surface area contributed by atoms with Crippen LogP contribution in [0.25, 0.3) is 21.5 Å². The summed E-state index contributed by atoms with van der Waals surface area (Å²) in [6, 6.07) is 15.4. The largest absolute Gasteiger partial charge is 0.355 e. The summed E-state index contributed by atoms with van der Waals surface area (Å²) in [5, 5.41) is 7.78. The minimum atomic E-state index is -5.35. The van der Waals surface area contributed by atoms with Crippen molar-refractivity contribution in [2.45, 2.75) is 29.4 Å². The fourth-order valence-electron chi connectivity index (χ4n) is 6.11. The molecule has 0 aliphatic heterocycles. The molecule has 0 heterocycles. The number of rotatable bonds is 12. The van der Waals surface area contributed by atoms with E-state index >= 15 is 0 Å². The van der Waals surface area contributed by atoms with Crippen molar-refractivity contribution in [3.8, 4) is 0 Å². The third-order valence-electron chi connectivity index (χ3n) is 8.53. The van der Waals surface area contributed by atoms with E-state index in [0.29, 0.717) is 24.3 Å². The van der Waals surface area contributed by atoms with Gasteiger partial charge in [-0.2, -0.15) is 50.5 Å². The van der Waals surface area contributed by atoms with Gasteiger partial charge >= 0.3 is 6.03 Å². The highest BCUT2D eigenvalue weighted by atomic mass is 32.2. The average molecular weight is 975 g/mol. The number of carbonyl (C=O) groups is 1. The van der Waals surface area contributed by atoms with Crippen LogP contribution in [-0.2, 0) is 60.7 Å². The number of urea groups is 1. The molecule has 0 spiro atoms. The standard InChI is InChI=1S/C33H26N4O19S6/c38-33(36-19-5-1-3-17(11-19)34-25-7-9-27(59(45,46)47)23-13-21(57(39,40)41)15-29(31(23)25)61(51,52)53)37-20-6-2-4-18(12-20)35-26-8-10-28(60(48,49)50)24-14-22(58(42,43)44)16-30(32(24)26)62(54,55)56/h1-16,34-35H,(H2,36,37,38)(H,39,40,41)(H,42,43,44)(H,45,46,47)(H,48,49,50)(H,51,52,53)(H,54,55,56). The first kappa shape index (κ1) is 45.7. The van der Waals surface area contributed by atoms with Crippen LogP contribution >= 0.6 is 0 Å². The Morgan fingerprint density at radius 1 is 0.371 bits per heavy atom. The summed E-state index contributed by atoms with van der Waals surface area (Å²) >= 11 is 0. The van der Waals surface area contributed by atoms with E-state index in [1.54, 1.807) is 0 Å². The summed E-state index contributed by atoms with van der Waals surface area (Å²) in [4.78, 5) is 6.53. The molecule has 6 aromatic rings. The van der Waals surface area contributed by atoms with Crippen molar-refractivity contribution in [3.63, 3.8) is 0 Å². The highest BCUT2D eigenvalue weighted by Crippen LogP contribution is 2.40. The van der Waals surface area contributed by atoms with Crippen LogP contribution in [0.4, 0.5) is 38.9 Å². The zero-order valence-corrected chi connectivity index (χ0v) is 35.1. The van der Waals surface area contributed by atoms with E-state index < -0.39 is 118 Å². The fourth-order valence-corrected chi connectivity index (χ4v) is 10.2. The van der Waals surface area contributed by atoms with Crippen LogP contribution in [0.15, 0.2) is 126 Å². The van der Waals surface area contributed by atoms with Crippen LogP contribution in [0.5, 0.6) is 0 Å². The highest BCUT2D eigenvalue weighted by Gasteiger charge is 2.28. The minimum absolute atomic E-state index is 0.0664. The molecule has 0 aromatic heterocycles. The lowest BCUT2D eigenvalue weighted by Crippen LogP contribution is -2.19. The maximum Gasteiger partial charge on any atom is 0.323 e. The van der Waals surface area contributed by atoms with Crippen LogP contribution in [0, 0.1) is 0 Å². The number of nitrogens with one attached hydrogen (secondary N) is 4.